The monoisotopic (exact) mass is 311 g/mol. The Hall–Kier alpha value is -1.00. The van der Waals surface area contributed by atoms with E-state index in [4.69, 9.17) is 16.3 Å². The number of aryl methyl sites for hydroxylation is 1. The third-order valence-corrected chi connectivity index (χ3v) is 5.40. The van der Waals surface area contributed by atoms with Crippen LogP contribution in [0.1, 0.15) is 42.7 Å². The fourth-order valence-electron chi connectivity index (χ4n) is 2.90. The molecular weight excluding hydrogens is 294 g/mol. The van der Waals surface area contributed by atoms with Crippen LogP contribution in [0, 0.1) is 0 Å². The van der Waals surface area contributed by atoms with Gasteiger partial charge < -0.3 is 10.1 Å². The third kappa shape index (κ3) is 2.15. The van der Waals surface area contributed by atoms with Gasteiger partial charge in [0.2, 0.25) is 0 Å². The Labute approximate surface area is 128 Å². The molecular formula is C15H18ClNO2S. The first-order chi connectivity index (χ1) is 9.55. The zero-order valence-corrected chi connectivity index (χ0v) is 13.3. The van der Waals surface area contributed by atoms with Crippen molar-refractivity contribution in [1.29, 1.82) is 0 Å². The van der Waals surface area contributed by atoms with Crippen LogP contribution in [0.25, 0.3) is 5.03 Å². The SMILES string of the molecule is CCOC(=O)C1(C)C=C(Cl)c2c(sc3c2CCCC3)N1. The van der Waals surface area contributed by atoms with E-state index >= 15 is 0 Å². The molecule has 0 bridgehead atoms. The largest absolute Gasteiger partial charge is 0.464 e. The van der Waals surface area contributed by atoms with E-state index < -0.39 is 5.54 Å². The summed E-state index contributed by atoms with van der Waals surface area (Å²) in [4.78, 5) is 13.5. The minimum atomic E-state index is -0.868. The maximum atomic E-state index is 12.1. The van der Waals surface area contributed by atoms with Gasteiger partial charge in [0.25, 0.3) is 0 Å². The van der Waals surface area contributed by atoms with E-state index in [1.165, 1.54) is 23.3 Å². The molecule has 1 aliphatic carbocycles. The van der Waals surface area contributed by atoms with Crippen LogP contribution in [0.3, 0.4) is 0 Å². The number of halogens is 1. The van der Waals surface area contributed by atoms with Crippen molar-refractivity contribution in [3.05, 3.63) is 22.1 Å². The molecule has 1 atom stereocenters. The number of esters is 1. The molecule has 1 unspecified atom stereocenters. The van der Waals surface area contributed by atoms with Crippen molar-refractivity contribution >= 4 is 38.9 Å². The summed E-state index contributed by atoms with van der Waals surface area (Å²) >= 11 is 8.21. The van der Waals surface area contributed by atoms with Crippen LogP contribution in [0.15, 0.2) is 6.08 Å². The number of hydrogen-bond donors (Lipinski definition) is 1. The number of anilines is 1. The van der Waals surface area contributed by atoms with Crippen molar-refractivity contribution in [2.24, 2.45) is 0 Å². The highest BCUT2D eigenvalue weighted by Gasteiger charge is 2.39. The lowest BCUT2D eigenvalue weighted by Crippen LogP contribution is -2.44. The van der Waals surface area contributed by atoms with Gasteiger partial charge in [-0.1, -0.05) is 11.6 Å². The summed E-state index contributed by atoms with van der Waals surface area (Å²) in [5, 5.41) is 5.02. The van der Waals surface area contributed by atoms with Gasteiger partial charge in [-0.05, 0) is 51.2 Å². The fourth-order valence-corrected chi connectivity index (χ4v) is 4.80. The summed E-state index contributed by atoms with van der Waals surface area (Å²) in [5.74, 6) is -0.282. The Morgan fingerprint density at radius 2 is 2.25 bits per heavy atom. The zero-order chi connectivity index (χ0) is 14.3. The second kappa shape index (κ2) is 5.08. The van der Waals surface area contributed by atoms with E-state index in [0.717, 1.165) is 23.4 Å². The summed E-state index contributed by atoms with van der Waals surface area (Å²) in [7, 11) is 0. The molecule has 0 amide bonds. The molecule has 3 nitrogen and oxygen atoms in total. The number of fused-ring (bicyclic) bond motifs is 3. The van der Waals surface area contributed by atoms with Crippen molar-refractivity contribution in [1.82, 2.24) is 0 Å². The minimum absolute atomic E-state index is 0.282. The maximum absolute atomic E-state index is 12.1. The predicted octanol–water partition coefficient (Wildman–Crippen LogP) is 3.95. The van der Waals surface area contributed by atoms with Gasteiger partial charge in [0.05, 0.1) is 11.6 Å². The topological polar surface area (TPSA) is 38.3 Å². The van der Waals surface area contributed by atoms with Crippen molar-refractivity contribution in [3.63, 3.8) is 0 Å². The molecule has 2 heterocycles. The van der Waals surface area contributed by atoms with E-state index in [-0.39, 0.29) is 5.97 Å². The highest BCUT2D eigenvalue weighted by Crippen LogP contribution is 2.47. The Bertz CT molecular complexity index is 593. The smallest absolute Gasteiger partial charge is 0.335 e. The molecule has 108 valence electrons. The first-order valence-electron chi connectivity index (χ1n) is 7.04. The lowest BCUT2D eigenvalue weighted by Gasteiger charge is -2.30. The van der Waals surface area contributed by atoms with E-state index in [9.17, 15) is 4.79 Å². The van der Waals surface area contributed by atoms with Crippen molar-refractivity contribution < 1.29 is 9.53 Å². The number of carbonyl (C=O) groups excluding carboxylic acids is 1. The van der Waals surface area contributed by atoms with Gasteiger partial charge in [0, 0.05) is 15.5 Å². The van der Waals surface area contributed by atoms with Gasteiger partial charge in [-0.3, -0.25) is 0 Å². The molecule has 0 saturated carbocycles. The Kier molecular flexibility index (Phi) is 3.55. The summed E-state index contributed by atoms with van der Waals surface area (Å²) in [6.45, 7) is 4.00. The zero-order valence-electron chi connectivity index (χ0n) is 11.7. The number of thiophene rings is 1. The van der Waals surface area contributed by atoms with E-state index in [0.29, 0.717) is 11.6 Å². The van der Waals surface area contributed by atoms with Crippen LogP contribution in [0.2, 0.25) is 0 Å². The maximum Gasteiger partial charge on any atom is 0.335 e. The quantitative estimate of drug-likeness (QED) is 0.840. The predicted molar refractivity (Wildman–Crippen MR) is 83.5 cm³/mol. The molecule has 2 aliphatic rings. The highest BCUT2D eigenvalue weighted by molar-refractivity contribution is 7.16. The Balaban J connectivity index is 2.01. The molecule has 1 aromatic heterocycles. The van der Waals surface area contributed by atoms with Crippen molar-refractivity contribution in [3.8, 4) is 0 Å². The molecule has 0 fully saturated rings. The van der Waals surface area contributed by atoms with Gasteiger partial charge >= 0.3 is 5.97 Å². The van der Waals surface area contributed by atoms with Crippen molar-refractivity contribution in [2.75, 3.05) is 11.9 Å². The third-order valence-electron chi connectivity index (χ3n) is 3.90. The van der Waals surface area contributed by atoms with E-state index in [1.54, 1.807) is 17.4 Å². The van der Waals surface area contributed by atoms with Gasteiger partial charge in [-0.2, -0.15) is 0 Å². The van der Waals surface area contributed by atoms with Crippen molar-refractivity contribution in [2.45, 2.75) is 45.1 Å². The van der Waals surface area contributed by atoms with Gasteiger partial charge in [-0.25, -0.2) is 4.79 Å². The molecule has 5 heteroatoms. The van der Waals surface area contributed by atoms with Crippen LogP contribution in [0.4, 0.5) is 5.00 Å². The molecule has 0 radical (unpaired) electrons. The summed E-state index contributed by atoms with van der Waals surface area (Å²) in [5.41, 5.74) is 1.61. The number of ether oxygens (including phenoxy) is 1. The first kappa shape index (κ1) is 14.0. The molecule has 0 aromatic carbocycles. The number of nitrogens with one attached hydrogen (secondary N) is 1. The normalized spacial score (nSPS) is 24.2. The van der Waals surface area contributed by atoms with E-state index in [1.807, 2.05) is 13.8 Å². The Morgan fingerprint density at radius 1 is 1.50 bits per heavy atom. The standard InChI is InChI=1S/C15H18ClNO2S/c1-3-19-14(18)15(2)8-10(16)12-9-6-4-5-7-11(9)20-13(12)17-15/h8,17H,3-7H2,1-2H3. The minimum Gasteiger partial charge on any atom is -0.464 e. The lowest BCUT2D eigenvalue weighted by atomic mass is 9.91. The lowest BCUT2D eigenvalue weighted by molar-refractivity contribution is -0.146. The molecule has 20 heavy (non-hydrogen) atoms. The van der Waals surface area contributed by atoms with Crippen LogP contribution in [-0.2, 0) is 22.4 Å². The van der Waals surface area contributed by atoms with Gasteiger partial charge in [0.1, 0.15) is 0 Å². The van der Waals surface area contributed by atoms with E-state index in [2.05, 4.69) is 5.32 Å². The molecule has 3 rings (SSSR count). The molecule has 0 saturated heterocycles. The second-order valence-electron chi connectivity index (χ2n) is 5.46. The first-order valence-corrected chi connectivity index (χ1v) is 8.23. The molecule has 0 spiro atoms. The van der Waals surface area contributed by atoms with Crippen LogP contribution in [-0.4, -0.2) is 18.1 Å². The van der Waals surface area contributed by atoms with Crippen LogP contribution >= 0.6 is 22.9 Å². The summed E-state index contributed by atoms with van der Waals surface area (Å²) in [6, 6.07) is 0. The second-order valence-corrected chi connectivity index (χ2v) is 6.97. The highest BCUT2D eigenvalue weighted by atomic mass is 35.5. The molecule has 1 aromatic rings. The average molecular weight is 312 g/mol. The molecule has 1 aliphatic heterocycles. The van der Waals surface area contributed by atoms with Gasteiger partial charge in [0.15, 0.2) is 5.54 Å². The van der Waals surface area contributed by atoms with Crippen LogP contribution in [0.5, 0.6) is 0 Å². The summed E-state index contributed by atoms with van der Waals surface area (Å²) in [6.07, 6.45) is 6.45. The Morgan fingerprint density at radius 3 is 3.00 bits per heavy atom. The fraction of sp³-hybridized carbons (Fsp3) is 0.533. The number of hydrogen-bond acceptors (Lipinski definition) is 4. The number of carbonyl (C=O) groups is 1. The molecule has 1 N–H and O–H groups in total. The summed E-state index contributed by atoms with van der Waals surface area (Å²) < 4.78 is 5.15. The van der Waals surface area contributed by atoms with Gasteiger partial charge in [-0.15, -0.1) is 11.3 Å². The van der Waals surface area contributed by atoms with Crippen LogP contribution < -0.4 is 5.32 Å². The number of rotatable bonds is 2. The average Bonchev–Trinajstić information content (AvgIpc) is 2.76.